The molecule has 1 N–H and O–H groups in total. The summed E-state index contributed by atoms with van der Waals surface area (Å²) in [6, 6.07) is 5.03. The highest BCUT2D eigenvalue weighted by molar-refractivity contribution is 7.10. The fraction of sp³-hybridized carbons (Fsp3) is 0.733. The number of hydrogen-bond acceptors (Lipinski definition) is 2. The van der Waals surface area contributed by atoms with Crippen LogP contribution >= 0.6 is 11.3 Å². The first-order chi connectivity index (χ1) is 8.06. The topological polar surface area (TPSA) is 12.0 Å². The van der Waals surface area contributed by atoms with Crippen molar-refractivity contribution in [2.45, 2.75) is 64.8 Å². The molecule has 2 heteroatoms. The van der Waals surface area contributed by atoms with Crippen LogP contribution in [0.2, 0.25) is 0 Å². The van der Waals surface area contributed by atoms with Crippen LogP contribution in [0.5, 0.6) is 0 Å². The highest BCUT2D eigenvalue weighted by atomic mass is 32.1. The Morgan fingerprint density at radius 3 is 2.71 bits per heavy atom. The Morgan fingerprint density at radius 2 is 2.12 bits per heavy atom. The van der Waals surface area contributed by atoms with Gasteiger partial charge in [0.1, 0.15) is 0 Å². The molecule has 0 spiro atoms. The molecule has 0 aliphatic carbocycles. The van der Waals surface area contributed by atoms with Crippen LogP contribution in [0.3, 0.4) is 0 Å². The molecule has 1 heterocycles. The van der Waals surface area contributed by atoms with Crippen LogP contribution in [-0.4, -0.2) is 12.6 Å². The Bertz CT molecular complexity index is 290. The molecule has 1 aromatic rings. The number of unbranched alkanes of at least 4 members (excludes halogenated alkanes) is 2. The molecule has 0 bridgehead atoms. The summed E-state index contributed by atoms with van der Waals surface area (Å²) in [5, 5.41) is 5.85. The number of rotatable bonds is 8. The number of thiophene rings is 1. The lowest BCUT2D eigenvalue weighted by molar-refractivity contribution is 0.413. The van der Waals surface area contributed by atoms with Gasteiger partial charge in [0.2, 0.25) is 0 Å². The van der Waals surface area contributed by atoms with Gasteiger partial charge in [-0.25, -0.2) is 0 Å². The van der Waals surface area contributed by atoms with E-state index in [0.29, 0.717) is 6.04 Å². The summed E-state index contributed by atoms with van der Waals surface area (Å²) >= 11 is 1.86. The zero-order valence-corrected chi connectivity index (χ0v) is 12.6. The van der Waals surface area contributed by atoms with E-state index in [9.17, 15) is 0 Å². The predicted octanol–water partition coefficient (Wildman–Crippen LogP) is 4.58. The fourth-order valence-electron chi connectivity index (χ4n) is 1.98. The van der Waals surface area contributed by atoms with Crippen LogP contribution in [0.15, 0.2) is 17.5 Å². The fourth-order valence-corrected chi connectivity index (χ4v) is 2.83. The van der Waals surface area contributed by atoms with Gasteiger partial charge >= 0.3 is 0 Å². The Morgan fingerprint density at radius 1 is 1.35 bits per heavy atom. The quantitative estimate of drug-likeness (QED) is 0.668. The van der Waals surface area contributed by atoms with E-state index in [-0.39, 0.29) is 5.41 Å². The van der Waals surface area contributed by atoms with E-state index in [2.05, 4.69) is 50.5 Å². The SMILES string of the molecule is CCCCCC(C)NCC(C)(C)c1cccs1. The van der Waals surface area contributed by atoms with Crippen LogP contribution in [0.4, 0.5) is 0 Å². The van der Waals surface area contributed by atoms with Crippen LogP contribution < -0.4 is 5.32 Å². The Kier molecular flexibility index (Phi) is 6.21. The Hall–Kier alpha value is -0.340. The van der Waals surface area contributed by atoms with Gasteiger partial charge in [0.05, 0.1) is 0 Å². The lowest BCUT2D eigenvalue weighted by Crippen LogP contribution is -2.37. The lowest BCUT2D eigenvalue weighted by Gasteiger charge is -2.26. The van der Waals surface area contributed by atoms with Crippen LogP contribution in [0.1, 0.15) is 58.3 Å². The third-order valence-corrected chi connectivity index (χ3v) is 4.56. The first-order valence-electron chi connectivity index (χ1n) is 6.83. The summed E-state index contributed by atoms with van der Waals surface area (Å²) in [6.45, 7) is 10.3. The van der Waals surface area contributed by atoms with E-state index in [1.807, 2.05) is 11.3 Å². The van der Waals surface area contributed by atoms with Crippen molar-refractivity contribution >= 4 is 11.3 Å². The van der Waals surface area contributed by atoms with Gasteiger partial charge < -0.3 is 5.32 Å². The number of nitrogens with one attached hydrogen (secondary N) is 1. The zero-order chi connectivity index (χ0) is 12.7. The highest BCUT2D eigenvalue weighted by Crippen LogP contribution is 2.26. The van der Waals surface area contributed by atoms with E-state index < -0.39 is 0 Å². The molecule has 1 aromatic heterocycles. The van der Waals surface area contributed by atoms with E-state index in [0.717, 1.165) is 6.54 Å². The minimum atomic E-state index is 0.257. The van der Waals surface area contributed by atoms with Gasteiger partial charge in [-0.1, -0.05) is 46.1 Å². The normalized spacial score (nSPS) is 13.9. The molecule has 0 saturated carbocycles. The number of hydrogen-bond donors (Lipinski definition) is 1. The van der Waals surface area contributed by atoms with Gasteiger partial charge in [-0.05, 0) is 24.8 Å². The molecule has 1 nitrogen and oxygen atoms in total. The van der Waals surface area contributed by atoms with Crippen molar-refractivity contribution < 1.29 is 0 Å². The smallest absolute Gasteiger partial charge is 0.0115 e. The molecule has 0 saturated heterocycles. The van der Waals surface area contributed by atoms with Gasteiger partial charge in [0, 0.05) is 22.9 Å². The molecule has 1 atom stereocenters. The molecule has 98 valence electrons. The van der Waals surface area contributed by atoms with E-state index in [1.54, 1.807) is 0 Å². The summed E-state index contributed by atoms with van der Waals surface area (Å²) in [6.07, 6.45) is 5.33. The van der Waals surface area contributed by atoms with Gasteiger partial charge in [-0.2, -0.15) is 0 Å². The first kappa shape index (κ1) is 14.7. The second kappa shape index (κ2) is 7.17. The maximum absolute atomic E-state index is 3.68. The molecule has 1 unspecified atom stereocenters. The minimum absolute atomic E-state index is 0.257. The van der Waals surface area contributed by atoms with Crippen LogP contribution in [-0.2, 0) is 5.41 Å². The molecule has 0 aliphatic rings. The summed E-state index contributed by atoms with van der Waals surface area (Å²) in [5.74, 6) is 0. The second-order valence-corrected chi connectivity index (χ2v) is 6.59. The van der Waals surface area contributed by atoms with Crippen molar-refractivity contribution in [3.05, 3.63) is 22.4 Å². The van der Waals surface area contributed by atoms with Gasteiger partial charge in [-0.15, -0.1) is 11.3 Å². The molecule has 1 rings (SSSR count). The van der Waals surface area contributed by atoms with Crippen molar-refractivity contribution in [2.24, 2.45) is 0 Å². The maximum Gasteiger partial charge on any atom is 0.0115 e. The molecule has 0 amide bonds. The molecular formula is C15H27NS. The van der Waals surface area contributed by atoms with E-state index in [4.69, 9.17) is 0 Å². The average Bonchev–Trinajstić information content (AvgIpc) is 2.81. The van der Waals surface area contributed by atoms with Crippen LogP contribution in [0, 0.1) is 0 Å². The lowest BCUT2D eigenvalue weighted by atomic mass is 9.91. The third kappa shape index (κ3) is 5.22. The maximum atomic E-state index is 3.68. The summed E-state index contributed by atoms with van der Waals surface area (Å²) in [7, 11) is 0. The van der Waals surface area contributed by atoms with Gasteiger partial charge in [-0.3, -0.25) is 0 Å². The summed E-state index contributed by atoms with van der Waals surface area (Å²) in [4.78, 5) is 1.48. The Labute approximate surface area is 111 Å². The van der Waals surface area contributed by atoms with Crippen molar-refractivity contribution in [3.8, 4) is 0 Å². The second-order valence-electron chi connectivity index (χ2n) is 5.64. The predicted molar refractivity (Wildman–Crippen MR) is 79.0 cm³/mol. The molecular weight excluding hydrogens is 226 g/mol. The highest BCUT2D eigenvalue weighted by Gasteiger charge is 2.21. The van der Waals surface area contributed by atoms with Crippen molar-refractivity contribution in [3.63, 3.8) is 0 Å². The third-order valence-electron chi connectivity index (χ3n) is 3.32. The molecule has 0 radical (unpaired) electrons. The molecule has 0 fully saturated rings. The largest absolute Gasteiger partial charge is 0.313 e. The monoisotopic (exact) mass is 253 g/mol. The summed E-state index contributed by atoms with van der Waals surface area (Å²) in [5.41, 5.74) is 0.257. The van der Waals surface area contributed by atoms with Gasteiger partial charge in [0.15, 0.2) is 0 Å². The van der Waals surface area contributed by atoms with Gasteiger partial charge in [0.25, 0.3) is 0 Å². The average molecular weight is 253 g/mol. The zero-order valence-electron chi connectivity index (χ0n) is 11.8. The minimum Gasteiger partial charge on any atom is -0.313 e. The van der Waals surface area contributed by atoms with Crippen molar-refractivity contribution in [1.82, 2.24) is 5.32 Å². The molecule has 0 aromatic carbocycles. The standard InChI is InChI=1S/C15H27NS/c1-5-6-7-9-13(2)16-12-15(3,4)14-10-8-11-17-14/h8,10-11,13,16H,5-7,9,12H2,1-4H3. The van der Waals surface area contributed by atoms with Crippen molar-refractivity contribution in [1.29, 1.82) is 0 Å². The van der Waals surface area contributed by atoms with E-state index >= 15 is 0 Å². The Balaban J connectivity index is 2.29. The molecule has 17 heavy (non-hydrogen) atoms. The van der Waals surface area contributed by atoms with Crippen LogP contribution in [0.25, 0.3) is 0 Å². The molecule has 0 aliphatic heterocycles. The summed E-state index contributed by atoms with van der Waals surface area (Å²) < 4.78 is 0. The van der Waals surface area contributed by atoms with Crippen molar-refractivity contribution in [2.75, 3.05) is 6.54 Å². The first-order valence-corrected chi connectivity index (χ1v) is 7.71. The van der Waals surface area contributed by atoms with E-state index in [1.165, 1.54) is 30.6 Å².